The number of rotatable bonds is 3. The molecule has 3 heteroatoms. The topological polar surface area (TPSA) is 9.23 Å². The van der Waals surface area contributed by atoms with Crippen LogP contribution in [0.2, 0.25) is 5.02 Å². The number of ether oxygens (including phenoxy) is 1. The number of hydrogen-bond donors (Lipinski definition) is 0. The molecular formula is C10H12ClFO. The molecule has 1 aromatic rings. The maximum atomic E-state index is 12.8. The molecule has 0 aromatic heterocycles. The monoisotopic (exact) mass is 202 g/mol. The van der Waals surface area contributed by atoms with E-state index in [4.69, 9.17) is 16.3 Å². The van der Waals surface area contributed by atoms with Gasteiger partial charge in [0.1, 0.15) is 5.82 Å². The van der Waals surface area contributed by atoms with Crippen LogP contribution < -0.4 is 0 Å². The maximum absolute atomic E-state index is 12.8. The van der Waals surface area contributed by atoms with Crippen molar-refractivity contribution in [2.24, 2.45) is 0 Å². The normalized spacial score (nSPS) is 12.9. The number of benzene rings is 1. The Bertz CT molecular complexity index is 288. The highest BCUT2D eigenvalue weighted by Crippen LogP contribution is 2.25. The van der Waals surface area contributed by atoms with Gasteiger partial charge >= 0.3 is 0 Å². The van der Waals surface area contributed by atoms with Gasteiger partial charge in [-0.1, -0.05) is 18.5 Å². The van der Waals surface area contributed by atoms with Gasteiger partial charge in [-0.25, -0.2) is 4.39 Å². The predicted octanol–water partition coefficient (Wildman–Crippen LogP) is 3.23. The zero-order chi connectivity index (χ0) is 9.84. The van der Waals surface area contributed by atoms with Crippen LogP contribution in [0.4, 0.5) is 4.39 Å². The molecule has 1 atom stereocenters. The maximum Gasteiger partial charge on any atom is 0.123 e. The molecule has 0 aliphatic carbocycles. The van der Waals surface area contributed by atoms with Crippen molar-refractivity contribution in [3.8, 4) is 0 Å². The molecule has 0 aliphatic rings. The second-order valence-electron chi connectivity index (χ2n) is 3.02. The van der Waals surface area contributed by atoms with E-state index >= 15 is 0 Å². The second kappa shape index (κ2) is 4.58. The van der Waals surface area contributed by atoms with E-state index < -0.39 is 0 Å². The highest BCUT2D eigenvalue weighted by Gasteiger charge is 2.09. The smallest absolute Gasteiger partial charge is 0.123 e. The van der Waals surface area contributed by atoms with Gasteiger partial charge in [-0.15, -0.1) is 0 Å². The Morgan fingerprint density at radius 3 is 2.85 bits per heavy atom. The van der Waals surface area contributed by atoms with Crippen LogP contribution in [0.1, 0.15) is 18.4 Å². The highest BCUT2D eigenvalue weighted by molar-refractivity contribution is 6.31. The third kappa shape index (κ3) is 2.68. The van der Waals surface area contributed by atoms with Gasteiger partial charge in [0.2, 0.25) is 0 Å². The third-order valence-electron chi connectivity index (χ3n) is 1.91. The lowest BCUT2D eigenvalue weighted by Crippen LogP contribution is -2.02. The van der Waals surface area contributed by atoms with E-state index in [-0.39, 0.29) is 11.7 Å². The molecular weight excluding hydrogens is 191 g/mol. The number of methoxy groups -OCH3 is 1. The van der Waals surface area contributed by atoms with Gasteiger partial charge in [0.15, 0.2) is 0 Å². The molecule has 0 fully saturated rings. The molecule has 0 saturated heterocycles. The standard InChI is InChI=1S/C10H12ClFO/c1-7(6-13-2)9-5-8(12)3-4-10(9)11/h3-5,7H,6H2,1-2H3. The fourth-order valence-corrected chi connectivity index (χ4v) is 1.54. The molecule has 0 saturated carbocycles. The summed E-state index contributed by atoms with van der Waals surface area (Å²) in [6.07, 6.45) is 0. The molecule has 0 heterocycles. The summed E-state index contributed by atoms with van der Waals surface area (Å²) in [6.45, 7) is 2.49. The SMILES string of the molecule is COCC(C)c1cc(F)ccc1Cl. The van der Waals surface area contributed by atoms with Gasteiger partial charge in [-0.2, -0.15) is 0 Å². The first kappa shape index (κ1) is 10.5. The van der Waals surface area contributed by atoms with Crippen molar-refractivity contribution in [1.82, 2.24) is 0 Å². The Balaban J connectivity index is 2.91. The molecule has 13 heavy (non-hydrogen) atoms. The summed E-state index contributed by atoms with van der Waals surface area (Å²) in [7, 11) is 1.61. The van der Waals surface area contributed by atoms with Crippen LogP contribution in [0.5, 0.6) is 0 Å². The fourth-order valence-electron chi connectivity index (χ4n) is 1.23. The van der Waals surface area contributed by atoms with Gasteiger partial charge in [0, 0.05) is 18.1 Å². The summed E-state index contributed by atoms with van der Waals surface area (Å²) in [5.41, 5.74) is 0.795. The van der Waals surface area contributed by atoms with E-state index in [0.29, 0.717) is 11.6 Å². The van der Waals surface area contributed by atoms with Crippen molar-refractivity contribution in [2.45, 2.75) is 12.8 Å². The van der Waals surface area contributed by atoms with Crippen molar-refractivity contribution >= 4 is 11.6 Å². The van der Waals surface area contributed by atoms with Crippen LogP contribution in [0.15, 0.2) is 18.2 Å². The molecule has 0 radical (unpaired) electrons. The van der Waals surface area contributed by atoms with Gasteiger partial charge in [-0.05, 0) is 23.8 Å². The summed E-state index contributed by atoms with van der Waals surface area (Å²) in [6, 6.07) is 4.37. The van der Waals surface area contributed by atoms with E-state index in [0.717, 1.165) is 5.56 Å². The van der Waals surface area contributed by atoms with Gasteiger partial charge in [-0.3, -0.25) is 0 Å². The summed E-state index contributed by atoms with van der Waals surface area (Å²) in [5, 5.41) is 0.589. The molecule has 1 rings (SSSR count). The van der Waals surface area contributed by atoms with Crippen LogP contribution in [-0.2, 0) is 4.74 Å². The minimum atomic E-state index is -0.262. The highest BCUT2D eigenvalue weighted by atomic mass is 35.5. The van der Waals surface area contributed by atoms with Crippen molar-refractivity contribution in [1.29, 1.82) is 0 Å². The summed E-state index contributed by atoms with van der Waals surface area (Å²) in [4.78, 5) is 0. The Labute approximate surface area is 82.5 Å². The molecule has 0 N–H and O–H groups in total. The first-order chi connectivity index (χ1) is 6.15. The molecule has 1 nitrogen and oxygen atoms in total. The Morgan fingerprint density at radius 2 is 2.23 bits per heavy atom. The minimum Gasteiger partial charge on any atom is -0.384 e. The quantitative estimate of drug-likeness (QED) is 0.731. The van der Waals surface area contributed by atoms with E-state index in [2.05, 4.69) is 0 Å². The molecule has 0 aliphatic heterocycles. The third-order valence-corrected chi connectivity index (χ3v) is 2.25. The lowest BCUT2D eigenvalue weighted by atomic mass is 10.0. The number of hydrogen-bond acceptors (Lipinski definition) is 1. The molecule has 0 spiro atoms. The van der Waals surface area contributed by atoms with Crippen molar-refractivity contribution < 1.29 is 9.13 Å². The van der Waals surface area contributed by atoms with Crippen LogP contribution in [0.25, 0.3) is 0 Å². The average molecular weight is 203 g/mol. The van der Waals surface area contributed by atoms with E-state index in [1.54, 1.807) is 13.2 Å². The molecule has 0 bridgehead atoms. The van der Waals surface area contributed by atoms with Crippen LogP contribution in [-0.4, -0.2) is 13.7 Å². The molecule has 1 unspecified atom stereocenters. The van der Waals surface area contributed by atoms with Crippen molar-refractivity contribution in [3.63, 3.8) is 0 Å². The van der Waals surface area contributed by atoms with Gasteiger partial charge in [0.25, 0.3) is 0 Å². The predicted molar refractivity (Wildman–Crippen MR) is 51.7 cm³/mol. The van der Waals surface area contributed by atoms with Crippen molar-refractivity contribution in [3.05, 3.63) is 34.6 Å². The zero-order valence-corrected chi connectivity index (χ0v) is 8.44. The minimum absolute atomic E-state index is 0.119. The zero-order valence-electron chi connectivity index (χ0n) is 7.68. The summed E-state index contributed by atoms with van der Waals surface area (Å²) >= 11 is 5.90. The van der Waals surface area contributed by atoms with Crippen LogP contribution >= 0.6 is 11.6 Å². The second-order valence-corrected chi connectivity index (χ2v) is 3.43. The van der Waals surface area contributed by atoms with Crippen LogP contribution in [0, 0.1) is 5.82 Å². The van der Waals surface area contributed by atoms with E-state index in [9.17, 15) is 4.39 Å². The Kier molecular flexibility index (Phi) is 3.70. The van der Waals surface area contributed by atoms with Crippen LogP contribution in [0.3, 0.4) is 0 Å². The molecule has 0 amide bonds. The molecule has 1 aromatic carbocycles. The van der Waals surface area contributed by atoms with Gasteiger partial charge in [0.05, 0.1) is 6.61 Å². The lowest BCUT2D eigenvalue weighted by Gasteiger charge is -2.12. The van der Waals surface area contributed by atoms with E-state index in [1.807, 2.05) is 6.92 Å². The lowest BCUT2D eigenvalue weighted by molar-refractivity contribution is 0.184. The fraction of sp³-hybridized carbons (Fsp3) is 0.400. The first-order valence-corrected chi connectivity index (χ1v) is 4.47. The average Bonchev–Trinajstić information content (AvgIpc) is 2.09. The Morgan fingerprint density at radius 1 is 1.54 bits per heavy atom. The Hall–Kier alpha value is -0.600. The van der Waals surface area contributed by atoms with Crippen molar-refractivity contribution in [2.75, 3.05) is 13.7 Å². The number of halogens is 2. The largest absolute Gasteiger partial charge is 0.384 e. The summed E-state index contributed by atoms with van der Waals surface area (Å²) in [5.74, 6) is -0.143. The molecule has 72 valence electrons. The van der Waals surface area contributed by atoms with Gasteiger partial charge < -0.3 is 4.74 Å². The summed E-state index contributed by atoms with van der Waals surface area (Å²) < 4.78 is 17.8. The first-order valence-electron chi connectivity index (χ1n) is 4.09. The van der Waals surface area contributed by atoms with E-state index in [1.165, 1.54) is 12.1 Å².